The van der Waals surface area contributed by atoms with Crippen LogP contribution in [-0.2, 0) is 13.6 Å². The van der Waals surface area contributed by atoms with Crippen molar-refractivity contribution in [1.82, 2.24) is 29.1 Å². The predicted octanol–water partition coefficient (Wildman–Crippen LogP) is 1.30. The molecule has 148 valence electrons. The Balaban J connectivity index is 1.61. The summed E-state index contributed by atoms with van der Waals surface area (Å²) in [6.45, 7) is 4.42. The summed E-state index contributed by atoms with van der Waals surface area (Å²) in [7, 11) is 1.64. The lowest BCUT2D eigenvalue weighted by Gasteiger charge is -2.18. The van der Waals surface area contributed by atoms with Gasteiger partial charge in [-0.25, -0.2) is 14.8 Å². The number of aromatic amines is 1. The van der Waals surface area contributed by atoms with Crippen LogP contribution in [0.1, 0.15) is 25.0 Å². The molecule has 0 radical (unpaired) electrons. The number of aromatic nitrogens is 6. The van der Waals surface area contributed by atoms with Crippen molar-refractivity contribution in [2.75, 3.05) is 23.7 Å². The number of imidazole rings is 1. The Hall–Kier alpha value is -2.62. The van der Waals surface area contributed by atoms with Crippen LogP contribution < -0.4 is 16.1 Å². The smallest absolute Gasteiger partial charge is 0.329 e. The molecule has 0 atom stereocenters. The number of hydrogen-bond acceptors (Lipinski definition) is 7. The van der Waals surface area contributed by atoms with Crippen LogP contribution in [0.25, 0.3) is 11.2 Å². The number of aryl methyl sites for hydroxylation is 3. The molecule has 1 N–H and O–H groups in total. The van der Waals surface area contributed by atoms with Crippen LogP contribution in [0.3, 0.4) is 0 Å². The molecule has 0 aliphatic carbocycles. The third kappa shape index (κ3) is 3.56. The Morgan fingerprint density at radius 3 is 2.75 bits per heavy atom. The average molecular weight is 401 g/mol. The van der Waals surface area contributed by atoms with E-state index in [-0.39, 0.29) is 5.56 Å². The zero-order chi connectivity index (χ0) is 19.7. The molecule has 4 rings (SSSR count). The van der Waals surface area contributed by atoms with Gasteiger partial charge < -0.3 is 9.47 Å². The maximum atomic E-state index is 12.5. The first-order valence-electron chi connectivity index (χ1n) is 9.41. The molecule has 1 saturated heterocycles. The molecule has 0 bridgehead atoms. The quantitative estimate of drug-likeness (QED) is 0.377. The number of thioether (sulfide) groups is 1. The highest BCUT2D eigenvalue weighted by Gasteiger charge is 2.23. The van der Waals surface area contributed by atoms with Crippen LogP contribution in [-0.4, -0.2) is 47.9 Å². The third-order valence-electron chi connectivity index (χ3n) is 4.91. The van der Waals surface area contributed by atoms with Crippen LogP contribution in [0, 0.1) is 6.92 Å². The van der Waals surface area contributed by atoms with Crippen molar-refractivity contribution in [3.8, 4) is 0 Å². The van der Waals surface area contributed by atoms with Crippen LogP contribution in [0.4, 0.5) is 5.95 Å². The number of fused-ring (bicyclic) bond motifs is 1. The number of nitrogens with one attached hydrogen (secondary N) is 1. The van der Waals surface area contributed by atoms with E-state index in [0.717, 1.165) is 54.9 Å². The first kappa shape index (κ1) is 18.7. The van der Waals surface area contributed by atoms with Crippen molar-refractivity contribution < 1.29 is 0 Å². The molecule has 1 aliphatic rings. The van der Waals surface area contributed by atoms with Gasteiger partial charge in [0, 0.05) is 44.3 Å². The highest BCUT2D eigenvalue weighted by molar-refractivity contribution is 7.99. The molecule has 0 aromatic carbocycles. The first-order valence-corrected chi connectivity index (χ1v) is 10.4. The second kappa shape index (κ2) is 7.78. The minimum absolute atomic E-state index is 0.384. The molecule has 0 spiro atoms. The number of H-pyrrole nitrogens is 1. The molecule has 3 aromatic rings. The standard InChI is InChI=1S/C18H23N7O2S/c1-12-6-7-19-16(20-12)28-11-5-10-25-13-14(23(2)18(27)22-15(13)26)21-17(25)24-8-3-4-9-24/h6-7H,3-5,8-11H2,1-2H3,(H,22,26,27). The van der Waals surface area contributed by atoms with Gasteiger partial charge in [-0.3, -0.25) is 14.3 Å². The summed E-state index contributed by atoms with van der Waals surface area (Å²) in [6, 6.07) is 1.88. The summed E-state index contributed by atoms with van der Waals surface area (Å²) in [6.07, 6.45) is 4.81. The largest absolute Gasteiger partial charge is 0.342 e. The minimum Gasteiger partial charge on any atom is -0.342 e. The van der Waals surface area contributed by atoms with Gasteiger partial charge in [0.1, 0.15) is 0 Å². The zero-order valence-corrected chi connectivity index (χ0v) is 16.8. The molecule has 28 heavy (non-hydrogen) atoms. The van der Waals surface area contributed by atoms with Crippen LogP contribution in [0.15, 0.2) is 27.0 Å². The number of nitrogens with zero attached hydrogens (tertiary/aromatic N) is 6. The van der Waals surface area contributed by atoms with E-state index in [1.165, 1.54) is 4.57 Å². The Morgan fingerprint density at radius 1 is 1.21 bits per heavy atom. The fourth-order valence-electron chi connectivity index (χ4n) is 3.47. The Morgan fingerprint density at radius 2 is 2.00 bits per heavy atom. The predicted molar refractivity (Wildman–Crippen MR) is 109 cm³/mol. The van der Waals surface area contributed by atoms with Crippen molar-refractivity contribution in [1.29, 1.82) is 0 Å². The lowest BCUT2D eigenvalue weighted by molar-refractivity contribution is 0.682. The number of rotatable bonds is 6. The van der Waals surface area contributed by atoms with Gasteiger partial charge in [0.05, 0.1) is 0 Å². The van der Waals surface area contributed by atoms with Gasteiger partial charge in [0.25, 0.3) is 5.56 Å². The van der Waals surface area contributed by atoms with Gasteiger partial charge in [-0.05, 0) is 32.3 Å². The molecule has 0 saturated carbocycles. The topological polar surface area (TPSA) is 102 Å². The lowest BCUT2D eigenvalue weighted by atomic mass is 10.4. The van der Waals surface area contributed by atoms with E-state index in [0.29, 0.717) is 17.7 Å². The molecule has 0 unspecified atom stereocenters. The summed E-state index contributed by atoms with van der Waals surface area (Å²) in [4.78, 5) is 42.4. The molecule has 4 heterocycles. The van der Waals surface area contributed by atoms with Gasteiger partial charge in [0.15, 0.2) is 16.3 Å². The molecule has 10 heteroatoms. The van der Waals surface area contributed by atoms with E-state index in [1.807, 2.05) is 17.6 Å². The molecule has 9 nitrogen and oxygen atoms in total. The Bertz CT molecular complexity index is 1110. The highest BCUT2D eigenvalue weighted by Crippen LogP contribution is 2.24. The Kier molecular flexibility index (Phi) is 5.21. The monoisotopic (exact) mass is 401 g/mol. The number of hydrogen-bond donors (Lipinski definition) is 1. The van der Waals surface area contributed by atoms with Gasteiger partial charge in [-0.1, -0.05) is 11.8 Å². The molecule has 3 aromatic heterocycles. The number of anilines is 1. The second-order valence-corrected chi connectivity index (χ2v) is 7.99. The van der Waals surface area contributed by atoms with Crippen LogP contribution >= 0.6 is 11.8 Å². The Labute approximate surface area is 165 Å². The van der Waals surface area contributed by atoms with Gasteiger partial charge in [-0.15, -0.1) is 0 Å². The van der Waals surface area contributed by atoms with Crippen molar-refractivity contribution in [2.24, 2.45) is 7.05 Å². The van der Waals surface area contributed by atoms with Crippen LogP contribution in [0.2, 0.25) is 0 Å². The van der Waals surface area contributed by atoms with E-state index in [9.17, 15) is 9.59 Å². The van der Waals surface area contributed by atoms with Gasteiger partial charge >= 0.3 is 5.69 Å². The van der Waals surface area contributed by atoms with Gasteiger partial charge in [0.2, 0.25) is 5.95 Å². The van der Waals surface area contributed by atoms with E-state index in [2.05, 4.69) is 24.8 Å². The summed E-state index contributed by atoms with van der Waals surface area (Å²) < 4.78 is 3.36. The average Bonchev–Trinajstić information content (AvgIpc) is 3.31. The van der Waals surface area contributed by atoms with Crippen molar-refractivity contribution in [3.63, 3.8) is 0 Å². The van der Waals surface area contributed by atoms with E-state index in [4.69, 9.17) is 0 Å². The normalized spacial score (nSPS) is 14.3. The van der Waals surface area contributed by atoms with E-state index < -0.39 is 5.69 Å². The fourth-order valence-corrected chi connectivity index (χ4v) is 4.27. The highest BCUT2D eigenvalue weighted by atomic mass is 32.2. The summed E-state index contributed by atoms with van der Waals surface area (Å²) in [5, 5.41) is 0.760. The molecular weight excluding hydrogens is 378 g/mol. The van der Waals surface area contributed by atoms with Gasteiger partial charge in [-0.2, -0.15) is 4.98 Å². The molecule has 1 aliphatic heterocycles. The lowest BCUT2D eigenvalue weighted by Crippen LogP contribution is -2.29. The maximum absolute atomic E-state index is 12.5. The summed E-state index contributed by atoms with van der Waals surface area (Å²) >= 11 is 1.60. The van der Waals surface area contributed by atoms with E-state index in [1.54, 1.807) is 25.0 Å². The van der Waals surface area contributed by atoms with E-state index >= 15 is 0 Å². The van der Waals surface area contributed by atoms with Crippen molar-refractivity contribution >= 4 is 28.9 Å². The van der Waals surface area contributed by atoms with Crippen molar-refractivity contribution in [3.05, 3.63) is 38.8 Å². The summed E-state index contributed by atoms with van der Waals surface area (Å²) in [5.41, 5.74) is 1.01. The molecule has 0 amide bonds. The summed E-state index contributed by atoms with van der Waals surface area (Å²) in [5.74, 6) is 1.60. The van der Waals surface area contributed by atoms with Crippen LogP contribution in [0.5, 0.6) is 0 Å². The fraction of sp³-hybridized carbons (Fsp3) is 0.500. The molecular formula is C18H23N7O2S. The maximum Gasteiger partial charge on any atom is 0.329 e. The SMILES string of the molecule is Cc1ccnc(SCCCn2c(N3CCCC3)nc3c2c(=O)[nH]c(=O)n3C)n1. The first-order chi connectivity index (χ1) is 13.5. The minimum atomic E-state index is -0.442. The zero-order valence-electron chi connectivity index (χ0n) is 16.0. The van der Waals surface area contributed by atoms with Crippen molar-refractivity contribution in [2.45, 2.75) is 37.9 Å². The second-order valence-electron chi connectivity index (χ2n) is 6.93. The third-order valence-corrected chi connectivity index (χ3v) is 5.85. The molecule has 1 fully saturated rings.